The van der Waals surface area contributed by atoms with Gasteiger partial charge >= 0.3 is 6.09 Å². The first kappa shape index (κ1) is 24.1. The summed E-state index contributed by atoms with van der Waals surface area (Å²) in [5, 5.41) is 15.4. The Kier molecular flexibility index (Phi) is 6.53. The molecule has 35 heavy (non-hydrogen) atoms. The fourth-order valence-electron chi connectivity index (χ4n) is 6.69. The van der Waals surface area contributed by atoms with Crippen molar-refractivity contribution in [1.82, 2.24) is 5.32 Å². The summed E-state index contributed by atoms with van der Waals surface area (Å²) in [6.45, 7) is 3.19. The van der Waals surface area contributed by atoms with Gasteiger partial charge in [0.2, 0.25) is 0 Å². The summed E-state index contributed by atoms with van der Waals surface area (Å²) >= 11 is 0. The Hall–Kier alpha value is -2.57. The van der Waals surface area contributed by atoms with Crippen LogP contribution in [0.3, 0.4) is 0 Å². The van der Waals surface area contributed by atoms with Crippen molar-refractivity contribution >= 4 is 6.09 Å². The lowest BCUT2D eigenvalue weighted by atomic mass is 9.55. The molecule has 188 valence electrons. The van der Waals surface area contributed by atoms with Gasteiger partial charge in [0.05, 0.1) is 27.2 Å². The largest absolute Gasteiger partial charge is 0.497 e. The lowest BCUT2D eigenvalue weighted by molar-refractivity contribution is -0.925. The quantitative estimate of drug-likeness (QED) is 0.578. The van der Waals surface area contributed by atoms with Gasteiger partial charge < -0.3 is 24.4 Å². The van der Waals surface area contributed by atoms with Crippen molar-refractivity contribution in [3.05, 3.63) is 65.7 Å². The summed E-state index contributed by atoms with van der Waals surface area (Å²) in [5.41, 5.74) is 0.820. The number of ether oxygens (including phenoxy) is 2. The van der Waals surface area contributed by atoms with Gasteiger partial charge in [-0.3, -0.25) is 0 Å². The molecule has 2 N–H and O–H groups in total. The van der Waals surface area contributed by atoms with Crippen molar-refractivity contribution in [1.29, 1.82) is 0 Å². The van der Waals surface area contributed by atoms with E-state index in [4.69, 9.17) is 9.47 Å². The molecule has 2 aliphatic carbocycles. The normalized spacial score (nSPS) is 32.4. The predicted molar refractivity (Wildman–Crippen MR) is 135 cm³/mol. The van der Waals surface area contributed by atoms with Crippen molar-refractivity contribution in [3.8, 4) is 5.75 Å². The van der Waals surface area contributed by atoms with Crippen molar-refractivity contribution in [3.63, 3.8) is 0 Å². The molecule has 3 fully saturated rings. The van der Waals surface area contributed by atoms with Crippen molar-refractivity contribution in [2.24, 2.45) is 5.92 Å². The third-order valence-corrected chi connectivity index (χ3v) is 8.67. The van der Waals surface area contributed by atoms with Crippen LogP contribution in [-0.2, 0) is 16.8 Å². The summed E-state index contributed by atoms with van der Waals surface area (Å²) in [5.74, 6) is 1.61. The summed E-state index contributed by atoms with van der Waals surface area (Å²) in [7, 11) is 4.00. The lowest BCUT2D eigenvalue weighted by Gasteiger charge is -2.59. The number of alkyl carbamates (subject to hydrolysis) is 1. The van der Waals surface area contributed by atoms with E-state index in [1.54, 1.807) is 7.11 Å². The SMILES string of the molecule is COc1cccc([C@@]23CC[N@+](C)(CC4CC4)CC2(O)CC[C@H](NC(=O)OCc2ccccc2)C3)c1. The molecular weight excluding hydrogens is 440 g/mol. The summed E-state index contributed by atoms with van der Waals surface area (Å²) < 4.78 is 12.0. The highest BCUT2D eigenvalue weighted by atomic mass is 16.5. The monoisotopic (exact) mass is 479 g/mol. The van der Waals surface area contributed by atoms with Crippen molar-refractivity contribution in [2.75, 3.05) is 33.8 Å². The molecule has 1 amide bonds. The van der Waals surface area contributed by atoms with Crippen LogP contribution in [0.1, 0.15) is 49.7 Å². The van der Waals surface area contributed by atoms with Gasteiger partial charge in [0.1, 0.15) is 24.5 Å². The Labute approximate surface area is 208 Å². The Balaban J connectivity index is 1.36. The Bertz CT molecular complexity index is 1040. The highest BCUT2D eigenvalue weighted by Gasteiger charge is 2.62. The van der Waals surface area contributed by atoms with E-state index in [1.807, 2.05) is 42.5 Å². The molecule has 1 saturated heterocycles. The molecule has 2 aromatic rings. The minimum atomic E-state index is -0.826. The zero-order chi connectivity index (χ0) is 24.5. The predicted octanol–water partition coefficient (Wildman–Crippen LogP) is 4.40. The minimum Gasteiger partial charge on any atom is -0.497 e. The average Bonchev–Trinajstić information content (AvgIpc) is 3.67. The standard InChI is InChI=1S/C29H38N2O4/c1-31(19-22-11-12-22)16-15-28(24-9-6-10-26(17-24)34-2)18-25(13-14-29(28,33)21-31)30-27(32)35-20-23-7-4-3-5-8-23/h3-10,17,22,25,33H,11-16,18-21H2,1-2H3/p+1/t25-,28-,29?,31+/m0/s1. The maximum Gasteiger partial charge on any atom is 0.407 e. The van der Waals surface area contributed by atoms with Crippen LogP contribution in [0.5, 0.6) is 5.75 Å². The lowest BCUT2D eigenvalue weighted by Crippen LogP contribution is -2.71. The van der Waals surface area contributed by atoms with Crippen molar-refractivity contribution in [2.45, 2.75) is 62.2 Å². The van der Waals surface area contributed by atoms with E-state index in [9.17, 15) is 9.90 Å². The van der Waals surface area contributed by atoms with E-state index in [2.05, 4.69) is 24.5 Å². The third kappa shape index (κ3) is 5.05. The number of hydrogen-bond donors (Lipinski definition) is 2. The fraction of sp³-hybridized carbons (Fsp3) is 0.552. The topological polar surface area (TPSA) is 67.8 Å². The third-order valence-electron chi connectivity index (χ3n) is 8.67. The number of nitrogens with one attached hydrogen (secondary N) is 1. The summed E-state index contributed by atoms with van der Waals surface area (Å²) in [4.78, 5) is 12.7. The Morgan fingerprint density at radius 1 is 1.11 bits per heavy atom. The highest BCUT2D eigenvalue weighted by Crippen LogP contribution is 2.53. The van der Waals surface area contributed by atoms with Crippen LogP contribution in [0.25, 0.3) is 0 Å². The molecule has 6 nitrogen and oxygen atoms in total. The van der Waals surface area contributed by atoms with Crippen molar-refractivity contribution < 1.29 is 23.9 Å². The minimum absolute atomic E-state index is 0.0509. The number of carbonyl (C=O) groups is 1. The number of likely N-dealkylation sites (tertiary alicyclic amines) is 1. The van der Waals surface area contributed by atoms with Gasteiger partial charge in [-0.25, -0.2) is 4.79 Å². The number of likely N-dealkylation sites (N-methyl/N-ethyl adjacent to an activating group) is 1. The number of carbonyl (C=O) groups excluding carboxylic acids is 1. The van der Waals surface area contributed by atoms with E-state index in [0.29, 0.717) is 12.8 Å². The number of nitrogens with zero attached hydrogens (tertiary/aromatic N) is 1. The number of quaternary nitrogens is 1. The van der Waals surface area contributed by atoms with E-state index >= 15 is 0 Å². The van der Waals surface area contributed by atoms with E-state index in [1.165, 1.54) is 12.8 Å². The molecule has 0 aromatic heterocycles. The molecule has 0 radical (unpaired) electrons. The zero-order valence-corrected chi connectivity index (χ0v) is 21.0. The second-order valence-electron chi connectivity index (χ2n) is 11.4. The van der Waals surface area contributed by atoms with E-state index in [-0.39, 0.29) is 12.6 Å². The highest BCUT2D eigenvalue weighted by molar-refractivity contribution is 5.67. The number of aliphatic hydroxyl groups is 1. The Morgan fingerprint density at radius 2 is 1.91 bits per heavy atom. The first-order valence-corrected chi connectivity index (χ1v) is 13.0. The number of amides is 1. The zero-order valence-electron chi connectivity index (χ0n) is 21.0. The molecule has 4 atom stereocenters. The molecule has 1 unspecified atom stereocenters. The second kappa shape index (κ2) is 9.47. The van der Waals surface area contributed by atoms with Gasteiger partial charge in [-0.1, -0.05) is 42.5 Å². The van der Waals surface area contributed by atoms with Crippen LogP contribution in [0.15, 0.2) is 54.6 Å². The first-order valence-electron chi connectivity index (χ1n) is 13.0. The first-order chi connectivity index (χ1) is 16.8. The van der Waals surface area contributed by atoms with Gasteiger partial charge in [-0.15, -0.1) is 0 Å². The molecule has 1 aliphatic heterocycles. The van der Waals surface area contributed by atoms with Crippen LogP contribution in [0, 0.1) is 5.92 Å². The number of hydrogen-bond acceptors (Lipinski definition) is 4. The Morgan fingerprint density at radius 3 is 2.66 bits per heavy atom. The van der Waals surface area contributed by atoms with Gasteiger partial charge in [0.15, 0.2) is 0 Å². The number of rotatable bonds is 7. The van der Waals surface area contributed by atoms with Crippen LogP contribution in [0.4, 0.5) is 4.79 Å². The summed E-state index contributed by atoms with van der Waals surface area (Å²) in [6.07, 6.45) is 5.24. The number of fused-ring (bicyclic) bond motifs is 1. The molecule has 1 heterocycles. The molecule has 2 aromatic carbocycles. The number of benzene rings is 2. The maximum atomic E-state index is 12.7. The molecule has 2 saturated carbocycles. The fourth-order valence-corrected chi connectivity index (χ4v) is 6.69. The molecule has 0 bridgehead atoms. The second-order valence-corrected chi connectivity index (χ2v) is 11.4. The molecule has 6 heteroatoms. The van der Waals surface area contributed by atoms with Gasteiger partial charge in [-0.2, -0.15) is 0 Å². The molecule has 0 spiro atoms. The summed E-state index contributed by atoms with van der Waals surface area (Å²) in [6, 6.07) is 17.8. The number of methoxy groups -OCH3 is 1. The molecular formula is C29H39N2O4+. The van der Waals surface area contributed by atoms with Gasteiger partial charge in [0.25, 0.3) is 0 Å². The van der Waals surface area contributed by atoms with E-state index in [0.717, 1.165) is 59.8 Å². The smallest absolute Gasteiger partial charge is 0.407 e. The molecule has 3 aliphatic rings. The molecule has 5 rings (SSSR count). The van der Waals surface area contributed by atoms with Crippen LogP contribution >= 0.6 is 0 Å². The average molecular weight is 480 g/mol. The van der Waals surface area contributed by atoms with Crippen LogP contribution in [0.2, 0.25) is 0 Å². The van der Waals surface area contributed by atoms with E-state index < -0.39 is 17.1 Å². The van der Waals surface area contributed by atoms with Crippen LogP contribution in [-0.4, -0.2) is 61.1 Å². The maximum absolute atomic E-state index is 12.7. The number of piperidine rings is 1. The van der Waals surface area contributed by atoms with Crippen LogP contribution < -0.4 is 10.1 Å². The van der Waals surface area contributed by atoms with Gasteiger partial charge in [0, 0.05) is 23.8 Å². The van der Waals surface area contributed by atoms with Gasteiger partial charge in [-0.05, 0) is 55.4 Å².